The van der Waals surface area contributed by atoms with Gasteiger partial charge in [-0.3, -0.25) is 9.78 Å². The average molecular weight is 455 g/mol. The minimum atomic E-state index is -0.0942. The number of halogens is 1. The first kappa shape index (κ1) is 19.2. The number of rotatable bonds is 4. The van der Waals surface area contributed by atoms with Crippen molar-refractivity contribution in [2.45, 2.75) is 18.0 Å². The van der Waals surface area contributed by atoms with Crippen LogP contribution in [0, 0.1) is 0 Å². The zero-order chi connectivity index (χ0) is 19.3. The lowest BCUT2D eigenvalue weighted by Gasteiger charge is -2.09. The summed E-state index contributed by atoms with van der Waals surface area (Å²) < 4.78 is 6.58. The summed E-state index contributed by atoms with van der Waals surface area (Å²) in [7, 11) is 0. The maximum atomic E-state index is 12.6. The summed E-state index contributed by atoms with van der Waals surface area (Å²) >= 11 is 5.24. The maximum Gasteiger partial charge on any atom is 0.251 e. The molecule has 0 unspecified atom stereocenters. The second-order valence-corrected chi connectivity index (χ2v) is 8.50. The number of nitrogens with zero attached hydrogens (tertiary/aromatic N) is 1. The van der Waals surface area contributed by atoms with Crippen LogP contribution in [0.4, 0.5) is 0 Å². The molecule has 0 atom stereocenters. The molecule has 1 N–H and O–H groups in total. The van der Waals surface area contributed by atoms with E-state index in [1.807, 2.05) is 42.5 Å². The first-order valence-corrected chi connectivity index (χ1v) is 10.8. The maximum absolute atomic E-state index is 12.6. The van der Waals surface area contributed by atoms with Crippen LogP contribution in [0.25, 0.3) is 11.1 Å². The Kier molecular flexibility index (Phi) is 6.10. The van der Waals surface area contributed by atoms with Gasteiger partial charge in [-0.25, -0.2) is 0 Å². The van der Waals surface area contributed by atoms with E-state index in [0.717, 1.165) is 44.1 Å². The van der Waals surface area contributed by atoms with Crippen molar-refractivity contribution >= 4 is 33.6 Å². The van der Waals surface area contributed by atoms with Crippen LogP contribution in [-0.2, 0) is 17.9 Å². The van der Waals surface area contributed by atoms with Crippen molar-refractivity contribution < 1.29 is 9.53 Å². The molecular formula is C22H19BrN2O2S. The van der Waals surface area contributed by atoms with Gasteiger partial charge in [0.2, 0.25) is 0 Å². The van der Waals surface area contributed by atoms with Crippen LogP contribution in [0.2, 0.25) is 0 Å². The predicted molar refractivity (Wildman–Crippen MR) is 115 cm³/mol. The van der Waals surface area contributed by atoms with Gasteiger partial charge in [0.15, 0.2) is 0 Å². The number of thioether (sulfide) groups is 1. The molecule has 1 amide bonds. The van der Waals surface area contributed by atoms with Crippen molar-refractivity contribution in [2.24, 2.45) is 0 Å². The van der Waals surface area contributed by atoms with Gasteiger partial charge < -0.3 is 10.1 Å². The molecule has 28 heavy (non-hydrogen) atoms. The van der Waals surface area contributed by atoms with E-state index < -0.39 is 0 Å². The highest BCUT2D eigenvalue weighted by molar-refractivity contribution is 9.10. The molecule has 3 aromatic rings. The van der Waals surface area contributed by atoms with Crippen LogP contribution >= 0.6 is 27.7 Å². The first-order valence-electron chi connectivity index (χ1n) is 9.01. The Morgan fingerprint density at radius 2 is 2.04 bits per heavy atom. The number of hydrogen-bond acceptors (Lipinski definition) is 4. The van der Waals surface area contributed by atoms with Gasteiger partial charge in [-0.1, -0.05) is 34.1 Å². The lowest BCUT2D eigenvalue weighted by Crippen LogP contribution is -2.23. The number of amides is 1. The van der Waals surface area contributed by atoms with Gasteiger partial charge in [0.1, 0.15) is 0 Å². The van der Waals surface area contributed by atoms with Crippen molar-refractivity contribution in [3.63, 3.8) is 0 Å². The fourth-order valence-corrected chi connectivity index (χ4v) is 4.38. The summed E-state index contributed by atoms with van der Waals surface area (Å²) in [6, 6.07) is 17.9. The summed E-state index contributed by atoms with van der Waals surface area (Å²) in [5.74, 6) is 0.813. The molecule has 6 heteroatoms. The lowest BCUT2D eigenvalue weighted by atomic mass is 10.1. The summed E-state index contributed by atoms with van der Waals surface area (Å²) in [5, 5.41) is 2.98. The van der Waals surface area contributed by atoms with Gasteiger partial charge in [-0.05, 0) is 53.1 Å². The molecule has 1 aliphatic rings. The molecule has 4 rings (SSSR count). The van der Waals surface area contributed by atoms with Gasteiger partial charge in [0.25, 0.3) is 5.91 Å². The number of aromatic nitrogens is 1. The Labute approximate surface area is 176 Å². The molecule has 2 heterocycles. The Hall–Kier alpha value is -2.15. The smallest absolute Gasteiger partial charge is 0.251 e. The van der Waals surface area contributed by atoms with E-state index in [0.29, 0.717) is 18.7 Å². The molecule has 0 spiro atoms. The molecule has 2 aromatic carbocycles. The van der Waals surface area contributed by atoms with Gasteiger partial charge in [0.05, 0.1) is 25.5 Å². The fraction of sp³-hybridized carbons (Fsp3) is 0.182. The first-order chi connectivity index (χ1) is 13.7. The van der Waals surface area contributed by atoms with Gasteiger partial charge >= 0.3 is 0 Å². The third-order valence-corrected chi connectivity index (χ3v) is 6.03. The zero-order valence-electron chi connectivity index (χ0n) is 15.2. The van der Waals surface area contributed by atoms with Crippen molar-refractivity contribution in [3.8, 4) is 11.1 Å². The van der Waals surface area contributed by atoms with Crippen molar-refractivity contribution in [2.75, 3.05) is 12.4 Å². The number of nitrogens with one attached hydrogen (secondary N) is 1. The fourth-order valence-electron chi connectivity index (χ4n) is 3.04. The monoisotopic (exact) mass is 454 g/mol. The number of hydrogen-bond donors (Lipinski definition) is 1. The number of carbonyl (C=O) groups excluding carboxylic acids is 1. The van der Waals surface area contributed by atoms with Crippen LogP contribution in [0.1, 0.15) is 21.6 Å². The Bertz CT molecular complexity index is 1010. The molecule has 0 saturated heterocycles. The minimum Gasteiger partial charge on any atom is -0.376 e. The lowest BCUT2D eigenvalue weighted by molar-refractivity contribution is 0.0950. The Balaban J connectivity index is 1.45. The van der Waals surface area contributed by atoms with Crippen LogP contribution in [0.15, 0.2) is 70.2 Å². The largest absolute Gasteiger partial charge is 0.376 e. The molecule has 1 aromatic heterocycles. The molecule has 0 aliphatic carbocycles. The van der Waals surface area contributed by atoms with Gasteiger partial charge in [-0.2, -0.15) is 0 Å². The SMILES string of the molecule is O=C(NCc1cc(-c2cccc(Br)c2)ccn1)c1ccc2c(c1)SCCOC2. The molecule has 0 radical (unpaired) electrons. The van der Waals surface area contributed by atoms with E-state index in [-0.39, 0.29) is 5.91 Å². The number of pyridine rings is 1. The highest BCUT2D eigenvalue weighted by Gasteiger charge is 2.13. The summed E-state index contributed by atoms with van der Waals surface area (Å²) in [4.78, 5) is 18.1. The Morgan fingerprint density at radius 1 is 1.14 bits per heavy atom. The normalized spacial score (nSPS) is 13.5. The van der Waals surface area contributed by atoms with Gasteiger partial charge in [0, 0.05) is 26.9 Å². The number of ether oxygens (including phenoxy) is 1. The quantitative estimate of drug-likeness (QED) is 0.598. The molecule has 0 saturated carbocycles. The van der Waals surface area contributed by atoms with E-state index in [1.54, 1.807) is 18.0 Å². The molecule has 4 nitrogen and oxygen atoms in total. The molecule has 142 valence electrons. The average Bonchev–Trinajstić information content (AvgIpc) is 2.97. The van der Waals surface area contributed by atoms with Crippen molar-refractivity contribution in [1.29, 1.82) is 0 Å². The van der Waals surface area contributed by atoms with Gasteiger partial charge in [-0.15, -0.1) is 11.8 Å². The molecule has 0 fully saturated rings. The van der Waals surface area contributed by atoms with E-state index in [4.69, 9.17) is 4.74 Å². The molecule has 1 aliphatic heterocycles. The van der Waals surface area contributed by atoms with E-state index >= 15 is 0 Å². The zero-order valence-corrected chi connectivity index (χ0v) is 17.6. The summed E-state index contributed by atoms with van der Waals surface area (Å²) in [6.07, 6.45) is 1.77. The van der Waals surface area contributed by atoms with Crippen LogP contribution in [0.3, 0.4) is 0 Å². The van der Waals surface area contributed by atoms with E-state index in [2.05, 4.69) is 38.4 Å². The summed E-state index contributed by atoms with van der Waals surface area (Å²) in [6.45, 7) is 1.73. The second kappa shape index (κ2) is 8.90. The third-order valence-electron chi connectivity index (χ3n) is 4.48. The number of benzene rings is 2. The number of carbonyl (C=O) groups is 1. The van der Waals surface area contributed by atoms with E-state index in [9.17, 15) is 4.79 Å². The minimum absolute atomic E-state index is 0.0942. The topological polar surface area (TPSA) is 51.2 Å². The standard InChI is InChI=1S/C22H19BrN2O2S/c23-19-3-1-2-15(10-19)16-6-7-24-20(11-16)13-25-22(26)17-4-5-18-14-27-8-9-28-21(18)12-17/h1-7,10-12H,8-9,13-14H2,(H,25,26). The van der Waals surface area contributed by atoms with E-state index in [1.165, 1.54) is 0 Å². The van der Waals surface area contributed by atoms with Crippen molar-refractivity contribution in [1.82, 2.24) is 10.3 Å². The van der Waals surface area contributed by atoms with Crippen LogP contribution < -0.4 is 5.32 Å². The number of fused-ring (bicyclic) bond motifs is 1. The third kappa shape index (κ3) is 4.63. The highest BCUT2D eigenvalue weighted by atomic mass is 79.9. The summed E-state index contributed by atoms with van der Waals surface area (Å²) in [5.41, 5.74) is 4.80. The second-order valence-electron chi connectivity index (χ2n) is 6.45. The predicted octanol–water partition coefficient (Wildman–Crippen LogP) is 5.06. The Morgan fingerprint density at radius 3 is 2.93 bits per heavy atom. The molecular weight excluding hydrogens is 436 g/mol. The molecule has 0 bridgehead atoms. The van der Waals surface area contributed by atoms with Crippen LogP contribution in [-0.4, -0.2) is 23.3 Å². The van der Waals surface area contributed by atoms with Crippen molar-refractivity contribution in [3.05, 3.63) is 82.1 Å². The van der Waals surface area contributed by atoms with Crippen LogP contribution in [0.5, 0.6) is 0 Å². The highest BCUT2D eigenvalue weighted by Crippen LogP contribution is 2.27.